The maximum atomic E-state index is 13.4. The fourth-order valence-electron chi connectivity index (χ4n) is 6.50. The van der Waals surface area contributed by atoms with Crippen molar-refractivity contribution in [2.45, 2.75) is 82.9 Å². The second-order valence-electron chi connectivity index (χ2n) is 11.9. The van der Waals surface area contributed by atoms with Gasteiger partial charge in [0.25, 0.3) is 0 Å². The van der Waals surface area contributed by atoms with E-state index in [4.69, 9.17) is 33.2 Å². The van der Waals surface area contributed by atoms with Crippen LogP contribution in [0.5, 0.6) is 0 Å². The summed E-state index contributed by atoms with van der Waals surface area (Å²) in [6.07, 6.45) is -9.24. The molecule has 7 atom stereocenters. The number of fused-ring (bicyclic) bond motifs is 3. The van der Waals surface area contributed by atoms with E-state index in [0.717, 1.165) is 54.8 Å². The Labute approximate surface area is 281 Å². The monoisotopic (exact) mass is 683 g/mol. The summed E-state index contributed by atoms with van der Waals surface area (Å²) in [6.45, 7) is 3.66. The highest BCUT2D eigenvalue weighted by Crippen LogP contribution is 2.44. The number of amides is 1. The minimum atomic E-state index is -1.54. The molecule has 2 heterocycles. The van der Waals surface area contributed by atoms with Gasteiger partial charge in [0.15, 0.2) is 24.6 Å². The zero-order valence-electron chi connectivity index (χ0n) is 27.3. The zero-order chi connectivity index (χ0) is 35.4. The van der Waals surface area contributed by atoms with Crippen LogP contribution < -0.4 is 0 Å². The summed E-state index contributed by atoms with van der Waals surface area (Å²) in [5.74, 6) is -4.69. The molecule has 15 heteroatoms. The van der Waals surface area contributed by atoms with Crippen molar-refractivity contribution in [2.75, 3.05) is 19.8 Å². The largest absolute Gasteiger partial charge is 0.480 e. The molecule has 0 saturated carbocycles. The molecule has 5 rings (SSSR count). The Hall–Kier alpha value is -5.02. The summed E-state index contributed by atoms with van der Waals surface area (Å²) in [7, 11) is 0. The number of hydrogen-bond acceptors (Lipinski definition) is 13. The molecule has 2 aromatic rings. The number of nitrogens with zero attached hydrogens (tertiary/aromatic N) is 1. The quantitative estimate of drug-likeness (QED) is 0.284. The third kappa shape index (κ3) is 8.00. The number of benzene rings is 2. The van der Waals surface area contributed by atoms with Crippen LogP contribution in [0.25, 0.3) is 11.1 Å². The van der Waals surface area contributed by atoms with Gasteiger partial charge in [0.2, 0.25) is 0 Å². The molecule has 0 radical (unpaired) electrons. The number of ether oxygens (including phenoxy) is 7. The maximum Gasteiger partial charge on any atom is 0.410 e. The molecular weight excluding hydrogens is 646 g/mol. The molecular formula is C34H37NO14. The molecule has 2 aromatic carbocycles. The standard InChI is InChI=1S/C34H37NO14/c1-17(36)43-16-28-29(45-18(2)37)30(46-19(3)38)31(47-20(4)39)33(49-28)48-21-13-27(32(40)41)35(14-21)34(42)44-15-26-24-11-7-5-9-22(24)23-10-6-8-12-25(23)26/h5-12,21,26-31,33H,13-16H2,1-4H3,(H,40,41)/t21-,27+,28-,29+,30+,31-,33-/m1/s1. The summed E-state index contributed by atoms with van der Waals surface area (Å²) >= 11 is 0. The molecule has 262 valence electrons. The first-order chi connectivity index (χ1) is 23.3. The smallest absolute Gasteiger partial charge is 0.410 e. The first kappa shape index (κ1) is 35.3. The lowest BCUT2D eigenvalue weighted by Crippen LogP contribution is -2.63. The molecule has 3 aliphatic rings. The fourth-order valence-corrected chi connectivity index (χ4v) is 6.50. The van der Waals surface area contributed by atoms with Gasteiger partial charge in [-0.05, 0) is 22.3 Å². The van der Waals surface area contributed by atoms with E-state index in [1.165, 1.54) is 0 Å². The van der Waals surface area contributed by atoms with E-state index in [0.29, 0.717) is 0 Å². The van der Waals surface area contributed by atoms with Gasteiger partial charge in [-0.3, -0.25) is 24.1 Å². The lowest BCUT2D eigenvalue weighted by molar-refractivity contribution is -0.315. The van der Waals surface area contributed by atoms with Crippen LogP contribution >= 0.6 is 0 Å². The van der Waals surface area contributed by atoms with Crippen LogP contribution in [0.1, 0.15) is 51.2 Å². The number of rotatable bonds is 10. The molecule has 2 fully saturated rings. The fraction of sp³-hybridized carbons (Fsp3) is 0.471. The van der Waals surface area contributed by atoms with Gasteiger partial charge in [-0.2, -0.15) is 0 Å². The van der Waals surface area contributed by atoms with Crippen molar-refractivity contribution in [3.63, 3.8) is 0 Å². The van der Waals surface area contributed by atoms with Crippen LogP contribution in [-0.4, -0.2) is 109 Å². The van der Waals surface area contributed by atoms with Gasteiger partial charge in [-0.25, -0.2) is 9.59 Å². The van der Waals surface area contributed by atoms with Crippen LogP contribution in [-0.2, 0) is 57.1 Å². The lowest BCUT2D eigenvalue weighted by Gasteiger charge is -2.44. The molecule has 0 bridgehead atoms. The third-order valence-corrected chi connectivity index (χ3v) is 8.39. The van der Waals surface area contributed by atoms with Crippen LogP contribution in [0, 0.1) is 0 Å². The van der Waals surface area contributed by atoms with Crippen LogP contribution in [0.4, 0.5) is 4.79 Å². The van der Waals surface area contributed by atoms with Crippen molar-refractivity contribution in [3.05, 3.63) is 59.7 Å². The van der Waals surface area contributed by atoms with Gasteiger partial charge in [0.1, 0.15) is 25.4 Å². The van der Waals surface area contributed by atoms with E-state index in [1.54, 1.807) is 0 Å². The SMILES string of the molecule is CC(=O)OC[C@H]1O[C@@H](O[C@@H]2C[C@@H](C(=O)O)N(C(=O)OCC3c4ccccc4-c4ccccc43)C2)[C@H](OC(C)=O)[C@@H](OC(C)=O)[C@H]1OC(C)=O. The molecule has 49 heavy (non-hydrogen) atoms. The molecule has 0 spiro atoms. The average Bonchev–Trinajstić information content (AvgIpc) is 3.61. The number of carboxylic acid groups (broad SMARTS) is 1. The van der Waals surface area contributed by atoms with Crippen molar-refractivity contribution >= 4 is 35.9 Å². The highest BCUT2D eigenvalue weighted by molar-refractivity contribution is 5.82. The van der Waals surface area contributed by atoms with Gasteiger partial charge in [-0.1, -0.05) is 48.5 Å². The number of carbonyl (C=O) groups excluding carboxylic acids is 5. The second kappa shape index (κ2) is 15.0. The van der Waals surface area contributed by atoms with E-state index in [9.17, 15) is 33.9 Å². The summed E-state index contributed by atoms with van der Waals surface area (Å²) in [5.41, 5.74) is 4.03. The minimum Gasteiger partial charge on any atom is -0.480 e. The van der Waals surface area contributed by atoms with Gasteiger partial charge >= 0.3 is 35.9 Å². The molecule has 15 nitrogen and oxygen atoms in total. The summed E-state index contributed by atoms with van der Waals surface area (Å²) in [4.78, 5) is 74.7. The van der Waals surface area contributed by atoms with Gasteiger partial charge in [0, 0.05) is 40.0 Å². The first-order valence-electron chi connectivity index (χ1n) is 15.6. The zero-order valence-corrected chi connectivity index (χ0v) is 27.3. The molecule has 2 aliphatic heterocycles. The average molecular weight is 684 g/mol. The topological polar surface area (TPSA) is 190 Å². The number of esters is 4. The number of carboxylic acids is 1. The van der Waals surface area contributed by atoms with Crippen LogP contribution in [0.15, 0.2) is 48.5 Å². The molecule has 1 N–H and O–H groups in total. The van der Waals surface area contributed by atoms with Crippen molar-refractivity contribution in [3.8, 4) is 11.1 Å². The Morgan fingerprint density at radius 1 is 0.735 bits per heavy atom. The van der Waals surface area contributed by atoms with Gasteiger partial charge in [-0.15, -0.1) is 0 Å². The van der Waals surface area contributed by atoms with Crippen molar-refractivity contribution in [1.82, 2.24) is 4.90 Å². The third-order valence-electron chi connectivity index (χ3n) is 8.39. The predicted octanol–water partition coefficient (Wildman–Crippen LogP) is 2.56. The van der Waals surface area contributed by atoms with Gasteiger partial charge in [0.05, 0.1) is 12.6 Å². The van der Waals surface area contributed by atoms with E-state index >= 15 is 0 Å². The van der Waals surface area contributed by atoms with Crippen molar-refractivity contribution in [1.29, 1.82) is 0 Å². The van der Waals surface area contributed by atoms with Crippen LogP contribution in [0.3, 0.4) is 0 Å². The Bertz CT molecular complexity index is 1560. The summed E-state index contributed by atoms with van der Waals surface area (Å²) < 4.78 is 39.1. The van der Waals surface area contributed by atoms with E-state index in [1.807, 2.05) is 48.5 Å². The van der Waals surface area contributed by atoms with Crippen molar-refractivity contribution < 1.29 is 67.0 Å². The minimum absolute atomic E-state index is 0.0408. The number of carbonyl (C=O) groups is 6. The highest BCUT2D eigenvalue weighted by atomic mass is 16.7. The van der Waals surface area contributed by atoms with E-state index in [-0.39, 0.29) is 25.5 Å². The molecule has 1 aliphatic carbocycles. The van der Waals surface area contributed by atoms with Crippen molar-refractivity contribution in [2.24, 2.45) is 0 Å². The molecule has 0 unspecified atom stereocenters. The summed E-state index contributed by atoms with van der Waals surface area (Å²) in [6, 6.07) is 14.2. The Kier molecular flexibility index (Phi) is 10.8. The first-order valence-corrected chi connectivity index (χ1v) is 15.6. The second-order valence-corrected chi connectivity index (χ2v) is 11.9. The Morgan fingerprint density at radius 3 is 1.84 bits per heavy atom. The number of hydrogen-bond donors (Lipinski definition) is 1. The predicted molar refractivity (Wildman–Crippen MR) is 165 cm³/mol. The Balaban J connectivity index is 1.35. The van der Waals surface area contributed by atoms with Gasteiger partial charge < -0.3 is 38.3 Å². The van der Waals surface area contributed by atoms with E-state index < -0.39 is 85.4 Å². The number of likely N-dealkylation sites (tertiary alicyclic amines) is 1. The maximum absolute atomic E-state index is 13.4. The molecule has 1 amide bonds. The molecule has 2 saturated heterocycles. The lowest BCUT2D eigenvalue weighted by atomic mass is 9.98. The Morgan fingerprint density at radius 2 is 1.29 bits per heavy atom. The highest BCUT2D eigenvalue weighted by Gasteiger charge is 2.54. The molecule has 0 aromatic heterocycles. The van der Waals surface area contributed by atoms with Crippen LogP contribution in [0.2, 0.25) is 0 Å². The number of aliphatic carboxylic acids is 1. The normalized spacial score (nSPS) is 25.8. The summed E-state index contributed by atoms with van der Waals surface area (Å²) in [5, 5.41) is 10.0. The van der Waals surface area contributed by atoms with E-state index in [2.05, 4.69) is 0 Å².